The van der Waals surface area contributed by atoms with Gasteiger partial charge in [0.05, 0.1) is 18.3 Å². The molecule has 0 saturated carbocycles. The van der Waals surface area contributed by atoms with Crippen LogP contribution in [0, 0.1) is 17.5 Å². The average molecular weight is 523 g/mol. The maximum absolute atomic E-state index is 14.7. The quantitative estimate of drug-likeness (QED) is 0.404. The number of aliphatic hydroxyl groups excluding tert-OH is 1. The molecular weight excluding hydrogens is 497 g/mol. The molecule has 8 nitrogen and oxygen atoms in total. The van der Waals surface area contributed by atoms with Crippen LogP contribution in [0.25, 0.3) is 16.8 Å². The van der Waals surface area contributed by atoms with Crippen LogP contribution in [0.1, 0.15) is 30.9 Å². The zero-order chi connectivity index (χ0) is 26.4. The molecule has 11 heteroatoms. The van der Waals surface area contributed by atoms with Crippen molar-refractivity contribution in [3.63, 3.8) is 0 Å². The lowest BCUT2D eigenvalue weighted by molar-refractivity contribution is 0.176. The topological polar surface area (TPSA) is 86.0 Å². The van der Waals surface area contributed by atoms with Gasteiger partial charge in [-0.15, -0.1) is 0 Å². The van der Waals surface area contributed by atoms with E-state index in [0.29, 0.717) is 54.2 Å². The highest BCUT2D eigenvalue weighted by atomic mass is 19.2. The van der Waals surface area contributed by atoms with Gasteiger partial charge >= 0.3 is 6.03 Å². The number of nitrogens with zero attached hydrogens (tertiary/aromatic N) is 5. The fourth-order valence-corrected chi connectivity index (χ4v) is 5.36. The number of β-amino-alcohol motifs (C(OH)–C–C–N with tert-alkyl or cyclic N) is 1. The summed E-state index contributed by atoms with van der Waals surface area (Å²) in [5.74, 6) is -1.83. The summed E-state index contributed by atoms with van der Waals surface area (Å²) in [5, 5.41) is 16.8. The first-order valence-corrected chi connectivity index (χ1v) is 12.5. The number of likely N-dealkylation sites (tertiary alicyclic amines) is 1. The van der Waals surface area contributed by atoms with Crippen LogP contribution in [0.15, 0.2) is 54.9 Å². The normalized spacial score (nSPS) is 19.5. The fraction of sp³-hybridized carbons (Fsp3) is 0.296. The number of fused-ring (bicyclic) bond motifs is 1. The van der Waals surface area contributed by atoms with E-state index in [1.165, 1.54) is 41.4 Å². The molecular formula is C27H25F3N6O2. The Bertz CT molecular complexity index is 1530. The Morgan fingerprint density at radius 2 is 1.92 bits per heavy atom. The molecule has 0 aliphatic carbocycles. The molecule has 2 atom stereocenters. The Kier molecular flexibility index (Phi) is 6.15. The molecule has 38 heavy (non-hydrogen) atoms. The molecule has 4 aromatic rings. The van der Waals surface area contributed by atoms with Crippen LogP contribution in [0.4, 0.5) is 29.5 Å². The van der Waals surface area contributed by atoms with Crippen molar-refractivity contribution in [2.45, 2.75) is 31.4 Å². The number of carbonyl (C=O) groups excluding carboxylic acids is 1. The van der Waals surface area contributed by atoms with E-state index in [4.69, 9.17) is 4.98 Å². The molecule has 2 amide bonds. The van der Waals surface area contributed by atoms with Crippen molar-refractivity contribution in [1.29, 1.82) is 0 Å². The first-order valence-electron chi connectivity index (χ1n) is 12.5. The van der Waals surface area contributed by atoms with E-state index in [1.807, 2.05) is 4.90 Å². The Hall–Kier alpha value is -4.12. The zero-order valence-electron chi connectivity index (χ0n) is 20.3. The maximum Gasteiger partial charge on any atom is 0.322 e. The van der Waals surface area contributed by atoms with Gasteiger partial charge in [-0.3, -0.25) is 0 Å². The number of hydrogen-bond donors (Lipinski definition) is 2. The largest absolute Gasteiger partial charge is 0.391 e. The number of rotatable bonds is 4. The van der Waals surface area contributed by atoms with Crippen LogP contribution in [0.3, 0.4) is 0 Å². The van der Waals surface area contributed by atoms with Crippen molar-refractivity contribution in [2.75, 3.05) is 29.9 Å². The number of anilines is 2. The van der Waals surface area contributed by atoms with E-state index < -0.39 is 23.6 Å². The van der Waals surface area contributed by atoms with Gasteiger partial charge in [0, 0.05) is 31.4 Å². The van der Waals surface area contributed by atoms with Gasteiger partial charge in [0.2, 0.25) is 0 Å². The van der Waals surface area contributed by atoms with Gasteiger partial charge < -0.3 is 20.2 Å². The van der Waals surface area contributed by atoms with Gasteiger partial charge in [0.1, 0.15) is 17.3 Å². The third kappa shape index (κ3) is 4.32. The monoisotopic (exact) mass is 522 g/mol. The summed E-state index contributed by atoms with van der Waals surface area (Å²) < 4.78 is 44.8. The summed E-state index contributed by atoms with van der Waals surface area (Å²) in [6, 6.07) is 9.17. The van der Waals surface area contributed by atoms with Crippen molar-refractivity contribution in [3.8, 4) is 11.1 Å². The molecule has 0 spiro atoms. The first kappa shape index (κ1) is 24.2. The fourth-order valence-electron chi connectivity index (χ4n) is 5.36. The summed E-state index contributed by atoms with van der Waals surface area (Å²) in [6.45, 7) is 1.35. The van der Waals surface area contributed by atoms with Crippen molar-refractivity contribution in [1.82, 2.24) is 19.5 Å². The van der Waals surface area contributed by atoms with Crippen molar-refractivity contribution < 1.29 is 23.1 Å². The Morgan fingerprint density at radius 1 is 1.05 bits per heavy atom. The summed E-state index contributed by atoms with van der Waals surface area (Å²) in [5.41, 5.74) is 1.89. The summed E-state index contributed by atoms with van der Waals surface area (Å²) in [6.07, 6.45) is 4.69. The molecule has 2 fully saturated rings. The van der Waals surface area contributed by atoms with Crippen LogP contribution >= 0.6 is 0 Å². The second-order valence-corrected chi connectivity index (χ2v) is 9.62. The number of halogens is 3. The van der Waals surface area contributed by atoms with Crippen LogP contribution in [-0.4, -0.2) is 56.4 Å². The number of aromatic nitrogens is 3. The Balaban J connectivity index is 1.34. The van der Waals surface area contributed by atoms with Crippen LogP contribution in [-0.2, 0) is 0 Å². The van der Waals surface area contributed by atoms with Crippen LogP contribution in [0.2, 0.25) is 0 Å². The molecule has 2 aromatic heterocycles. The van der Waals surface area contributed by atoms with Gasteiger partial charge in [-0.1, -0.05) is 18.2 Å². The lowest BCUT2D eigenvalue weighted by Crippen LogP contribution is -2.33. The van der Waals surface area contributed by atoms with E-state index >= 15 is 0 Å². The molecule has 6 rings (SSSR count). The van der Waals surface area contributed by atoms with Gasteiger partial charge in [0.15, 0.2) is 17.3 Å². The Labute approximate surface area is 216 Å². The molecule has 4 heterocycles. The van der Waals surface area contributed by atoms with E-state index in [9.17, 15) is 23.1 Å². The minimum absolute atomic E-state index is 0.0723. The first-order chi connectivity index (χ1) is 18.4. The van der Waals surface area contributed by atoms with Gasteiger partial charge in [-0.25, -0.2) is 27.5 Å². The van der Waals surface area contributed by atoms with Gasteiger partial charge in [0.25, 0.3) is 0 Å². The number of nitrogens with one attached hydrogen (secondary N) is 1. The predicted molar refractivity (Wildman–Crippen MR) is 135 cm³/mol. The van der Waals surface area contributed by atoms with Crippen molar-refractivity contribution in [2.24, 2.45) is 0 Å². The minimum Gasteiger partial charge on any atom is -0.391 e. The molecule has 0 bridgehead atoms. The number of aliphatic hydroxyl groups is 1. The second-order valence-electron chi connectivity index (χ2n) is 9.62. The third-order valence-electron chi connectivity index (χ3n) is 7.21. The van der Waals surface area contributed by atoms with Crippen LogP contribution < -0.4 is 10.2 Å². The summed E-state index contributed by atoms with van der Waals surface area (Å²) in [4.78, 5) is 21.0. The highest BCUT2D eigenvalue weighted by molar-refractivity contribution is 5.93. The number of carbonyl (C=O) groups is 1. The zero-order valence-corrected chi connectivity index (χ0v) is 20.3. The van der Waals surface area contributed by atoms with E-state index in [0.717, 1.165) is 12.5 Å². The second kappa shape index (κ2) is 9.64. The average Bonchev–Trinajstić information content (AvgIpc) is 3.66. The number of hydrogen-bond acceptors (Lipinski definition) is 5. The highest BCUT2D eigenvalue weighted by Gasteiger charge is 2.31. The number of urea groups is 1. The van der Waals surface area contributed by atoms with Crippen LogP contribution in [0.5, 0.6) is 0 Å². The maximum atomic E-state index is 14.7. The van der Waals surface area contributed by atoms with Gasteiger partial charge in [-0.05, 0) is 54.7 Å². The SMILES string of the molecule is O=C(Nc1cnn2ccc(N3CCC[C@@H]3c3cc(F)ccc3-c3cccc(F)c3F)nc12)N1CC[C@@H](O)C1. The molecule has 2 aliphatic rings. The lowest BCUT2D eigenvalue weighted by atomic mass is 9.93. The van der Waals surface area contributed by atoms with Crippen molar-refractivity contribution in [3.05, 3.63) is 77.9 Å². The molecule has 2 aliphatic heterocycles. The third-order valence-corrected chi connectivity index (χ3v) is 7.21. The van der Waals surface area contributed by atoms with E-state index in [-0.39, 0.29) is 24.2 Å². The van der Waals surface area contributed by atoms with E-state index in [2.05, 4.69) is 10.4 Å². The lowest BCUT2D eigenvalue weighted by Gasteiger charge is -2.28. The predicted octanol–water partition coefficient (Wildman–Crippen LogP) is 4.75. The molecule has 0 unspecified atom stereocenters. The van der Waals surface area contributed by atoms with E-state index in [1.54, 1.807) is 16.8 Å². The van der Waals surface area contributed by atoms with Crippen molar-refractivity contribution >= 4 is 23.2 Å². The number of amides is 2. The molecule has 0 radical (unpaired) electrons. The molecule has 196 valence electrons. The smallest absolute Gasteiger partial charge is 0.322 e. The standard InChI is InChI=1S/C27H25F3N6O2/c28-16-6-7-18(19-3-1-4-21(29)25(19)30)20(13-16)23-5-2-10-35(23)24-9-12-36-26(33-24)22(14-31-36)32-27(38)34-11-8-17(37)15-34/h1,3-4,6-7,9,12-14,17,23,37H,2,5,8,10-11,15H2,(H,32,38)/t17-,23-/m1/s1. The molecule has 2 aromatic carbocycles. The summed E-state index contributed by atoms with van der Waals surface area (Å²) >= 11 is 0. The summed E-state index contributed by atoms with van der Waals surface area (Å²) in [7, 11) is 0. The number of benzene rings is 2. The minimum atomic E-state index is -0.977. The molecule has 2 saturated heterocycles. The van der Waals surface area contributed by atoms with Gasteiger partial charge in [-0.2, -0.15) is 5.10 Å². The molecule has 2 N–H and O–H groups in total. The highest BCUT2D eigenvalue weighted by Crippen LogP contribution is 2.41. The Morgan fingerprint density at radius 3 is 2.74 bits per heavy atom.